The predicted molar refractivity (Wildman–Crippen MR) is 127 cm³/mol. The van der Waals surface area contributed by atoms with Gasteiger partial charge >= 0.3 is 0 Å². The smallest absolute Gasteiger partial charge is 0.0900 e. The Morgan fingerprint density at radius 3 is 1.74 bits per heavy atom. The number of ether oxygens (including phenoxy) is 1. The number of hydrogen-bond acceptors (Lipinski definition) is 4. The standard InChI is InChI=1S/C27H32N2O2/c30-26(20-28-16-18-29(19-17-28)25-14-8-3-9-15-25)21-31-22-27(23-10-4-1-5-11-23)24-12-6-2-7-13-24/h1-15,26-27,30H,16-22H2/t26-/m0/s1. The van der Waals surface area contributed by atoms with Crippen LogP contribution in [0.3, 0.4) is 0 Å². The summed E-state index contributed by atoms with van der Waals surface area (Å²) in [6, 6.07) is 31.4. The van der Waals surface area contributed by atoms with Crippen molar-refractivity contribution >= 4 is 5.69 Å². The van der Waals surface area contributed by atoms with Crippen molar-refractivity contribution < 1.29 is 9.84 Å². The number of hydrogen-bond donors (Lipinski definition) is 1. The van der Waals surface area contributed by atoms with Crippen LogP contribution in [0, 0.1) is 0 Å². The normalized spacial score (nSPS) is 15.9. The molecule has 1 aliphatic heterocycles. The van der Waals surface area contributed by atoms with Gasteiger partial charge in [-0.05, 0) is 23.3 Å². The van der Waals surface area contributed by atoms with Gasteiger partial charge in [-0.15, -0.1) is 0 Å². The summed E-state index contributed by atoms with van der Waals surface area (Å²) in [5, 5.41) is 10.6. The van der Waals surface area contributed by atoms with Gasteiger partial charge in [-0.1, -0.05) is 78.9 Å². The second-order valence-electron chi connectivity index (χ2n) is 8.19. The van der Waals surface area contributed by atoms with Gasteiger partial charge in [0, 0.05) is 44.3 Å². The van der Waals surface area contributed by atoms with E-state index in [2.05, 4.69) is 88.7 Å². The molecule has 3 aromatic rings. The number of benzene rings is 3. The highest BCUT2D eigenvalue weighted by Crippen LogP contribution is 2.25. The summed E-state index contributed by atoms with van der Waals surface area (Å²) in [6.45, 7) is 5.47. The average molecular weight is 417 g/mol. The number of piperazine rings is 1. The van der Waals surface area contributed by atoms with Gasteiger partial charge < -0.3 is 14.7 Å². The second kappa shape index (κ2) is 11.1. The first-order chi connectivity index (χ1) is 15.3. The number of rotatable bonds is 9. The van der Waals surface area contributed by atoms with Crippen LogP contribution in [0.5, 0.6) is 0 Å². The van der Waals surface area contributed by atoms with E-state index in [1.54, 1.807) is 0 Å². The molecule has 1 atom stereocenters. The lowest BCUT2D eigenvalue weighted by Crippen LogP contribution is -2.49. The van der Waals surface area contributed by atoms with Crippen LogP contribution in [0.25, 0.3) is 0 Å². The summed E-state index contributed by atoms with van der Waals surface area (Å²) in [4.78, 5) is 4.74. The van der Waals surface area contributed by atoms with E-state index in [4.69, 9.17) is 4.74 Å². The maximum atomic E-state index is 10.6. The van der Waals surface area contributed by atoms with Crippen molar-refractivity contribution in [3.05, 3.63) is 102 Å². The minimum atomic E-state index is -0.476. The molecule has 0 spiro atoms. The number of β-amino-alcohol motifs (C(OH)–C–C–N with tert-alkyl or cyclic N) is 1. The van der Waals surface area contributed by atoms with Gasteiger partial charge in [-0.3, -0.25) is 4.90 Å². The predicted octanol–water partition coefficient (Wildman–Crippen LogP) is 4.02. The Kier molecular flexibility index (Phi) is 7.72. The zero-order valence-electron chi connectivity index (χ0n) is 18.0. The molecule has 0 aliphatic carbocycles. The lowest BCUT2D eigenvalue weighted by atomic mass is 9.92. The fourth-order valence-corrected chi connectivity index (χ4v) is 4.26. The molecule has 3 aromatic carbocycles. The Morgan fingerprint density at radius 2 is 1.19 bits per heavy atom. The van der Waals surface area contributed by atoms with Gasteiger partial charge in [0.2, 0.25) is 0 Å². The van der Waals surface area contributed by atoms with E-state index in [0.717, 1.165) is 26.2 Å². The maximum Gasteiger partial charge on any atom is 0.0900 e. The molecule has 1 N–H and O–H groups in total. The molecule has 1 saturated heterocycles. The Labute approximate surface area is 185 Å². The van der Waals surface area contributed by atoms with Gasteiger partial charge in [0.15, 0.2) is 0 Å². The number of para-hydroxylation sites is 1. The zero-order valence-corrected chi connectivity index (χ0v) is 18.0. The fraction of sp³-hybridized carbons (Fsp3) is 0.333. The minimum absolute atomic E-state index is 0.170. The van der Waals surface area contributed by atoms with E-state index in [1.165, 1.54) is 16.8 Å². The highest BCUT2D eigenvalue weighted by Gasteiger charge is 2.20. The van der Waals surface area contributed by atoms with Crippen LogP contribution in [0.1, 0.15) is 17.0 Å². The van der Waals surface area contributed by atoms with Crippen LogP contribution in [0.2, 0.25) is 0 Å². The number of aliphatic hydroxyl groups excluding tert-OH is 1. The molecule has 0 unspecified atom stereocenters. The summed E-state index contributed by atoms with van der Waals surface area (Å²) in [7, 11) is 0. The molecule has 1 aliphatic rings. The van der Waals surface area contributed by atoms with Crippen molar-refractivity contribution in [1.29, 1.82) is 0 Å². The van der Waals surface area contributed by atoms with Crippen LogP contribution < -0.4 is 4.90 Å². The largest absolute Gasteiger partial charge is 0.389 e. The van der Waals surface area contributed by atoms with Crippen molar-refractivity contribution in [3.8, 4) is 0 Å². The molecular weight excluding hydrogens is 384 g/mol. The SMILES string of the molecule is O[C@H](COCC(c1ccccc1)c1ccccc1)CN1CCN(c2ccccc2)CC1. The van der Waals surface area contributed by atoms with E-state index in [1.807, 2.05) is 12.1 Å². The molecule has 1 heterocycles. The molecule has 162 valence electrons. The molecular formula is C27H32N2O2. The number of anilines is 1. The Bertz CT molecular complexity index is 841. The molecule has 31 heavy (non-hydrogen) atoms. The van der Waals surface area contributed by atoms with Crippen LogP contribution in [0.4, 0.5) is 5.69 Å². The Morgan fingerprint density at radius 1 is 0.677 bits per heavy atom. The Balaban J connectivity index is 1.24. The van der Waals surface area contributed by atoms with Crippen molar-refractivity contribution in [2.75, 3.05) is 50.8 Å². The minimum Gasteiger partial charge on any atom is -0.389 e. The van der Waals surface area contributed by atoms with Crippen LogP contribution in [-0.2, 0) is 4.74 Å². The van der Waals surface area contributed by atoms with Crippen molar-refractivity contribution in [3.63, 3.8) is 0 Å². The van der Waals surface area contributed by atoms with Gasteiger partial charge in [0.25, 0.3) is 0 Å². The highest BCUT2D eigenvalue weighted by atomic mass is 16.5. The van der Waals surface area contributed by atoms with E-state index < -0.39 is 6.10 Å². The molecule has 0 bridgehead atoms. The monoisotopic (exact) mass is 416 g/mol. The van der Waals surface area contributed by atoms with E-state index >= 15 is 0 Å². The van der Waals surface area contributed by atoms with E-state index in [0.29, 0.717) is 19.8 Å². The zero-order chi connectivity index (χ0) is 21.3. The van der Waals surface area contributed by atoms with Gasteiger partial charge in [-0.2, -0.15) is 0 Å². The lowest BCUT2D eigenvalue weighted by molar-refractivity contribution is 0.0136. The summed E-state index contributed by atoms with van der Waals surface area (Å²) in [5.41, 5.74) is 3.75. The van der Waals surface area contributed by atoms with Gasteiger partial charge in [-0.25, -0.2) is 0 Å². The molecule has 0 radical (unpaired) electrons. The number of aliphatic hydroxyl groups is 1. The molecule has 1 fully saturated rings. The highest BCUT2D eigenvalue weighted by molar-refractivity contribution is 5.46. The summed E-state index contributed by atoms with van der Waals surface area (Å²) < 4.78 is 6.01. The molecule has 0 saturated carbocycles. The second-order valence-corrected chi connectivity index (χ2v) is 8.19. The van der Waals surface area contributed by atoms with E-state index in [9.17, 15) is 5.11 Å². The topological polar surface area (TPSA) is 35.9 Å². The summed E-state index contributed by atoms with van der Waals surface area (Å²) >= 11 is 0. The first-order valence-electron chi connectivity index (χ1n) is 11.2. The third kappa shape index (κ3) is 6.17. The maximum absolute atomic E-state index is 10.6. The van der Waals surface area contributed by atoms with Crippen molar-refractivity contribution in [2.24, 2.45) is 0 Å². The molecule has 0 aromatic heterocycles. The fourth-order valence-electron chi connectivity index (χ4n) is 4.26. The summed E-state index contributed by atoms with van der Waals surface area (Å²) in [6.07, 6.45) is -0.476. The number of nitrogens with zero attached hydrogens (tertiary/aromatic N) is 2. The van der Waals surface area contributed by atoms with E-state index in [-0.39, 0.29) is 5.92 Å². The van der Waals surface area contributed by atoms with Crippen LogP contribution in [-0.4, -0.2) is 62.0 Å². The first kappa shape index (κ1) is 21.6. The van der Waals surface area contributed by atoms with Crippen LogP contribution >= 0.6 is 0 Å². The van der Waals surface area contributed by atoms with Crippen molar-refractivity contribution in [1.82, 2.24) is 4.90 Å². The average Bonchev–Trinajstić information content (AvgIpc) is 2.84. The third-order valence-electron chi connectivity index (χ3n) is 5.96. The third-order valence-corrected chi connectivity index (χ3v) is 5.96. The van der Waals surface area contributed by atoms with Crippen molar-refractivity contribution in [2.45, 2.75) is 12.0 Å². The van der Waals surface area contributed by atoms with Gasteiger partial charge in [0.05, 0.1) is 19.3 Å². The molecule has 4 rings (SSSR count). The quantitative estimate of drug-likeness (QED) is 0.572. The van der Waals surface area contributed by atoms with Gasteiger partial charge in [0.1, 0.15) is 0 Å². The molecule has 0 amide bonds. The molecule has 4 nitrogen and oxygen atoms in total. The lowest BCUT2D eigenvalue weighted by Gasteiger charge is -2.36. The molecule has 4 heteroatoms. The Hall–Kier alpha value is -2.66. The van der Waals surface area contributed by atoms with Crippen LogP contribution in [0.15, 0.2) is 91.0 Å². The summed E-state index contributed by atoms with van der Waals surface area (Å²) in [5.74, 6) is 0.170. The first-order valence-corrected chi connectivity index (χ1v) is 11.2.